The number of amidine groups is 2. The van der Waals surface area contributed by atoms with Crippen molar-refractivity contribution in [1.29, 1.82) is 5.41 Å². The Labute approximate surface area is 83.1 Å². The maximum atomic E-state index is 7.27. The molecule has 1 rings (SSSR count). The van der Waals surface area contributed by atoms with Crippen LogP contribution in [0.1, 0.15) is 5.56 Å². The largest absolute Gasteiger partial charge is 0.467 e. The Hall–Kier alpha value is -1.84. The molecule has 0 unspecified atom stereocenters. The molecule has 0 fully saturated rings. The Morgan fingerprint density at radius 1 is 1.36 bits per heavy atom. The molecule has 74 valence electrons. The number of rotatable bonds is 1. The van der Waals surface area contributed by atoms with Gasteiger partial charge in [0.05, 0.1) is 7.11 Å². The lowest BCUT2D eigenvalue weighted by Crippen LogP contribution is -2.21. The lowest BCUT2D eigenvalue weighted by molar-refractivity contribution is 0.393. The molecule has 0 aliphatic rings. The molecule has 0 amide bonds. The van der Waals surface area contributed by atoms with Crippen LogP contribution in [0.3, 0.4) is 0 Å². The average Bonchev–Trinajstić information content (AvgIpc) is 2.26. The van der Waals surface area contributed by atoms with Crippen LogP contribution in [0, 0.1) is 5.41 Å². The van der Waals surface area contributed by atoms with Crippen molar-refractivity contribution >= 4 is 11.9 Å². The summed E-state index contributed by atoms with van der Waals surface area (Å²) in [5.74, 6) is 0.623. The monoisotopic (exact) mass is 191 g/mol. The van der Waals surface area contributed by atoms with E-state index in [-0.39, 0.29) is 6.02 Å². The first-order valence-electron chi connectivity index (χ1n) is 4.22. The fraction of sp³-hybridized carbons (Fsp3) is 0.200. The molecule has 1 aromatic rings. The highest BCUT2D eigenvalue weighted by Gasteiger charge is 2.01. The second-order valence-electron chi connectivity index (χ2n) is 2.59. The standard InChI is InChI=1S/C10H13N3O/c1-12-9(13-10(11)14-2)8-6-4-3-5-7-8/h3-7H,1-2H3,(H2,11,12,13). The molecule has 0 aliphatic heterocycles. The number of ether oxygens (including phenoxy) is 1. The number of hydrogen-bond acceptors (Lipinski definition) is 2. The lowest BCUT2D eigenvalue weighted by Gasteiger charge is -2.05. The quantitative estimate of drug-likeness (QED) is 0.518. The fourth-order valence-corrected chi connectivity index (χ4v) is 1.01. The van der Waals surface area contributed by atoms with Crippen molar-refractivity contribution in [2.45, 2.75) is 0 Å². The highest BCUT2D eigenvalue weighted by Crippen LogP contribution is 1.99. The van der Waals surface area contributed by atoms with Crippen LogP contribution in [-0.4, -0.2) is 26.0 Å². The number of methoxy groups -OCH3 is 1. The summed E-state index contributed by atoms with van der Waals surface area (Å²) < 4.78 is 4.66. The van der Waals surface area contributed by atoms with Crippen molar-refractivity contribution in [2.24, 2.45) is 4.99 Å². The van der Waals surface area contributed by atoms with Gasteiger partial charge in [-0.1, -0.05) is 30.3 Å². The summed E-state index contributed by atoms with van der Waals surface area (Å²) in [6, 6.07) is 9.48. The van der Waals surface area contributed by atoms with Gasteiger partial charge in [0.1, 0.15) is 5.84 Å². The summed E-state index contributed by atoms with van der Waals surface area (Å²) in [5, 5.41) is 10.2. The Balaban J connectivity index is 2.93. The molecule has 0 atom stereocenters. The van der Waals surface area contributed by atoms with Crippen LogP contribution < -0.4 is 5.32 Å². The van der Waals surface area contributed by atoms with Crippen molar-refractivity contribution in [3.05, 3.63) is 35.9 Å². The van der Waals surface area contributed by atoms with Gasteiger partial charge in [-0.05, 0) is 0 Å². The van der Waals surface area contributed by atoms with Crippen molar-refractivity contribution in [1.82, 2.24) is 5.32 Å². The molecular formula is C10H13N3O. The zero-order valence-electron chi connectivity index (χ0n) is 8.24. The Kier molecular flexibility index (Phi) is 3.67. The van der Waals surface area contributed by atoms with Crippen LogP contribution >= 0.6 is 0 Å². The minimum atomic E-state index is -0.113. The summed E-state index contributed by atoms with van der Waals surface area (Å²) in [4.78, 5) is 3.95. The van der Waals surface area contributed by atoms with E-state index in [0.717, 1.165) is 5.56 Å². The topological polar surface area (TPSA) is 57.5 Å². The molecule has 0 saturated carbocycles. The van der Waals surface area contributed by atoms with E-state index in [1.54, 1.807) is 7.05 Å². The molecule has 0 spiro atoms. The number of aliphatic imine (C=N–C) groups is 1. The lowest BCUT2D eigenvalue weighted by atomic mass is 10.2. The Morgan fingerprint density at radius 2 is 2.00 bits per heavy atom. The van der Waals surface area contributed by atoms with Gasteiger partial charge < -0.3 is 10.1 Å². The van der Waals surface area contributed by atoms with Crippen molar-refractivity contribution in [3.63, 3.8) is 0 Å². The smallest absolute Gasteiger partial charge is 0.310 e. The van der Waals surface area contributed by atoms with Gasteiger partial charge in [0, 0.05) is 12.6 Å². The summed E-state index contributed by atoms with van der Waals surface area (Å²) in [6.07, 6.45) is 0. The highest BCUT2D eigenvalue weighted by atomic mass is 16.5. The molecule has 14 heavy (non-hydrogen) atoms. The van der Waals surface area contributed by atoms with E-state index < -0.39 is 0 Å². The van der Waals surface area contributed by atoms with Gasteiger partial charge in [-0.15, -0.1) is 0 Å². The highest BCUT2D eigenvalue weighted by molar-refractivity contribution is 6.03. The maximum absolute atomic E-state index is 7.27. The van der Waals surface area contributed by atoms with E-state index in [1.807, 2.05) is 30.3 Å². The SMILES string of the molecule is CN/C(=N\C(=N)OC)c1ccccc1. The third-order valence-corrected chi connectivity index (χ3v) is 1.69. The van der Waals surface area contributed by atoms with Crippen LogP contribution in [-0.2, 0) is 4.74 Å². The number of nitrogens with one attached hydrogen (secondary N) is 2. The first kappa shape index (κ1) is 10.2. The third-order valence-electron chi connectivity index (χ3n) is 1.69. The molecule has 2 N–H and O–H groups in total. The van der Waals surface area contributed by atoms with E-state index in [4.69, 9.17) is 5.41 Å². The molecule has 1 aromatic carbocycles. The number of nitrogens with zero attached hydrogens (tertiary/aromatic N) is 1. The number of benzene rings is 1. The minimum Gasteiger partial charge on any atom is -0.467 e. The molecule has 0 bridgehead atoms. The predicted molar refractivity (Wildman–Crippen MR) is 56.8 cm³/mol. The van der Waals surface area contributed by atoms with Crippen LogP contribution in [0.2, 0.25) is 0 Å². The fourth-order valence-electron chi connectivity index (χ4n) is 1.01. The van der Waals surface area contributed by atoms with Crippen molar-refractivity contribution in [3.8, 4) is 0 Å². The molecule has 0 saturated heterocycles. The summed E-state index contributed by atoms with van der Waals surface area (Å²) >= 11 is 0. The van der Waals surface area contributed by atoms with E-state index in [9.17, 15) is 0 Å². The van der Waals surface area contributed by atoms with Gasteiger partial charge in [0.2, 0.25) is 0 Å². The summed E-state index contributed by atoms with van der Waals surface area (Å²) in [6.45, 7) is 0. The summed E-state index contributed by atoms with van der Waals surface area (Å²) in [5.41, 5.74) is 0.928. The van der Waals surface area contributed by atoms with Gasteiger partial charge >= 0.3 is 6.02 Å². The van der Waals surface area contributed by atoms with Crippen molar-refractivity contribution < 1.29 is 4.74 Å². The zero-order valence-corrected chi connectivity index (χ0v) is 8.24. The molecule has 0 aliphatic carbocycles. The van der Waals surface area contributed by atoms with Crippen molar-refractivity contribution in [2.75, 3.05) is 14.2 Å². The molecule has 0 aromatic heterocycles. The first-order chi connectivity index (χ1) is 6.77. The van der Waals surface area contributed by atoms with Crippen LogP contribution in [0.4, 0.5) is 0 Å². The maximum Gasteiger partial charge on any atom is 0.310 e. The second-order valence-corrected chi connectivity index (χ2v) is 2.59. The van der Waals surface area contributed by atoms with Gasteiger partial charge in [0.25, 0.3) is 0 Å². The van der Waals surface area contributed by atoms with Gasteiger partial charge in [0.15, 0.2) is 0 Å². The van der Waals surface area contributed by atoms with E-state index in [0.29, 0.717) is 5.84 Å². The van der Waals surface area contributed by atoms with Crippen LogP contribution in [0.5, 0.6) is 0 Å². The van der Waals surface area contributed by atoms with E-state index in [1.165, 1.54) is 7.11 Å². The van der Waals surface area contributed by atoms with Gasteiger partial charge in [-0.2, -0.15) is 4.99 Å². The van der Waals surface area contributed by atoms with Crippen LogP contribution in [0.25, 0.3) is 0 Å². The number of hydrogen-bond donors (Lipinski definition) is 2. The average molecular weight is 191 g/mol. The molecule has 0 heterocycles. The Morgan fingerprint density at radius 3 is 2.50 bits per heavy atom. The first-order valence-corrected chi connectivity index (χ1v) is 4.22. The Bertz CT molecular complexity index is 332. The molecular weight excluding hydrogens is 178 g/mol. The van der Waals surface area contributed by atoms with Gasteiger partial charge in [-0.3, -0.25) is 0 Å². The zero-order chi connectivity index (χ0) is 10.4. The third kappa shape index (κ3) is 2.58. The molecule has 4 heteroatoms. The molecule has 0 radical (unpaired) electrons. The second kappa shape index (κ2) is 5.01. The minimum absolute atomic E-state index is 0.113. The molecule has 4 nitrogen and oxygen atoms in total. The van der Waals surface area contributed by atoms with E-state index in [2.05, 4.69) is 15.0 Å². The normalized spacial score (nSPS) is 10.9. The summed E-state index contributed by atoms with van der Waals surface area (Å²) in [7, 11) is 3.18. The predicted octanol–water partition coefficient (Wildman–Crippen LogP) is 1.23. The van der Waals surface area contributed by atoms with Crippen LogP contribution in [0.15, 0.2) is 35.3 Å². The van der Waals surface area contributed by atoms with Gasteiger partial charge in [-0.25, -0.2) is 5.41 Å². The van der Waals surface area contributed by atoms with E-state index >= 15 is 0 Å².